The first-order chi connectivity index (χ1) is 13.9. The van der Waals surface area contributed by atoms with Crippen molar-refractivity contribution in [2.45, 2.75) is 84.2 Å². The van der Waals surface area contributed by atoms with Crippen LogP contribution < -0.4 is 4.74 Å². The second-order valence-corrected chi connectivity index (χ2v) is 8.59. The van der Waals surface area contributed by atoms with Crippen molar-refractivity contribution in [3.63, 3.8) is 0 Å². The van der Waals surface area contributed by atoms with Gasteiger partial charge in [-0.05, 0) is 72.9 Å². The molecule has 1 nitrogen and oxygen atoms in total. The lowest BCUT2D eigenvalue weighted by Gasteiger charge is -2.33. The quantitative estimate of drug-likeness (QED) is 0.381. The van der Waals surface area contributed by atoms with Crippen LogP contribution >= 0.6 is 0 Å². The molecule has 0 aliphatic heterocycles. The minimum absolute atomic E-state index is 0.350. The van der Waals surface area contributed by atoms with Crippen LogP contribution in [-0.4, -0.2) is 6.11 Å². The van der Waals surface area contributed by atoms with Crippen LogP contribution in [0.5, 0.6) is 5.75 Å². The maximum absolute atomic E-state index is 14.7. The van der Waals surface area contributed by atoms with E-state index < -0.39 is 17.8 Å². The average Bonchev–Trinajstić information content (AvgIpc) is 2.69. The third-order valence-electron chi connectivity index (χ3n) is 6.29. The molecule has 29 heavy (non-hydrogen) atoms. The summed E-state index contributed by atoms with van der Waals surface area (Å²) >= 11 is 0. The van der Waals surface area contributed by atoms with E-state index in [4.69, 9.17) is 4.74 Å². The van der Waals surface area contributed by atoms with E-state index in [1.807, 2.05) is 18.2 Å². The highest BCUT2D eigenvalue weighted by molar-refractivity contribution is 5.84. The zero-order valence-electron chi connectivity index (χ0n) is 17.7. The number of hydrogen-bond acceptors (Lipinski definition) is 1. The molecule has 1 aliphatic carbocycles. The smallest absolute Gasteiger partial charge is 0.400 e. The van der Waals surface area contributed by atoms with Crippen LogP contribution in [0, 0.1) is 17.7 Å². The van der Waals surface area contributed by atoms with Crippen LogP contribution in [0.15, 0.2) is 30.3 Å². The van der Waals surface area contributed by atoms with Crippen molar-refractivity contribution in [3.05, 3.63) is 41.7 Å². The summed E-state index contributed by atoms with van der Waals surface area (Å²) in [5.41, 5.74) is 1.15. The van der Waals surface area contributed by atoms with Crippen molar-refractivity contribution in [1.29, 1.82) is 0 Å². The van der Waals surface area contributed by atoms with Gasteiger partial charge in [-0.25, -0.2) is 4.39 Å². The first kappa shape index (κ1) is 22.0. The number of hydrogen-bond donors (Lipinski definition) is 0. The topological polar surface area (TPSA) is 9.23 Å². The minimum atomic E-state index is -3.34. The third kappa shape index (κ3) is 5.67. The van der Waals surface area contributed by atoms with Crippen LogP contribution in [0.25, 0.3) is 10.8 Å². The Bertz CT molecular complexity index is 794. The standard InChI is InChI=1S/C25H33F3O/c1-3-5-6-8-19-9-12-20-17-24(23(26)16-21(20)15-19)29-25(27,28)22-13-10-18(7-4-2)11-14-22/h9,12,15-18,22H,3-8,10-11,13-14H2,1-2H3. The Kier molecular flexibility index (Phi) is 7.48. The molecule has 0 spiro atoms. The van der Waals surface area contributed by atoms with Gasteiger partial charge in [-0.1, -0.05) is 57.7 Å². The molecule has 0 unspecified atom stereocenters. The lowest BCUT2D eigenvalue weighted by molar-refractivity contribution is -0.224. The Balaban J connectivity index is 1.70. The molecule has 0 N–H and O–H groups in total. The third-order valence-corrected chi connectivity index (χ3v) is 6.29. The molecule has 0 heterocycles. The van der Waals surface area contributed by atoms with E-state index in [1.54, 1.807) is 0 Å². The predicted octanol–water partition coefficient (Wildman–Crippen LogP) is 8.29. The number of ether oxygens (including phenoxy) is 1. The summed E-state index contributed by atoms with van der Waals surface area (Å²) in [6, 6.07) is 8.55. The lowest BCUT2D eigenvalue weighted by atomic mass is 9.79. The number of unbranched alkanes of at least 4 members (excludes halogenated alkanes) is 2. The van der Waals surface area contributed by atoms with Gasteiger partial charge in [0.15, 0.2) is 11.6 Å². The molecule has 0 bridgehead atoms. The largest absolute Gasteiger partial charge is 0.429 e. The van der Waals surface area contributed by atoms with Crippen LogP contribution in [-0.2, 0) is 6.42 Å². The van der Waals surface area contributed by atoms with Crippen molar-refractivity contribution in [3.8, 4) is 5.75 Å². The lowest BCUT2D eigenvalue weighted by Crippen LogP contribution is -2.37. The average molecular weight is 407 g/mol. The molecule has 1 fully saturated rings. The van der Waals surface area contributed by atoms with Crippen LogP contribution in [0.1, 0.15) is 77.2 Å². The van der Waals surface area contributed by atoms with Crippen LogP contribution in [0.3, 0.4) is 0 Å². The highest BCUT2D eigenvalue weighted by Gasteiger charge is 2.44. The van der Waals surface area contributed by atoms with Gasteiger partial charge in [0.05, 0.1) is 5.92 Å². The van der Waals surface area contributed by atoms with E-state index in [0.29, 0.717) is 18.8 Å². The summed E-state index contributed by atoms with van der Waals surface area (Å²) in [6.45, 7) is 4.28. The van der Waals surface area contributed by atoms with E-state index in [9.17, 15) is 13.2 Å². The molecule has 1 aliphatic rings. The molecule has 160 valence electrons. The number of aryl methyl sites for hydroxylation is 1. The summed E-state index contributed by atoms with van der Waals surface area (Å²) in [4.78, 5) is 0. The molecule has 0 atom stereocenters. The number of halogens is 3. The van der Waals surface area contributed by atoms with Gasteiger partial charge >= 0.3 is 6.11 Å². The molecule has 0 radical (unpaired) electrons. The van der Waals surface area contributed by atoms with Crippen molar-refractivity contribution >= 4 is 10.8 Å². The maximum Gasteiger partial charge on any atom is 0.400 e. The Hall–Kier alpha value is -1.71. The van der Waals surface area contributed by atoms with Gasteiger partial charge in [0, 0.05) is 0 Å². The second-order valence-electron chi connectivity index (χ2n) is 8.59. The van der Waals surface area contributed by atoms with Gasteiger partial charge in [0.25, 0.3) is 0 Å². The number of rotatable bonds is 9. The molecule has 0 aromatic heterocycles. The first-order valence-electron chi connectivity index (χ1n) is 11.2. The predicted molar refractivity (Wildman–Crippen MR) is 113 cm³/mol. The summed E-state index contributed by atoms with van der Waals surface area (Å²) in [6.07, 6.45) is 5.68. The number of benzene rings is 2. The maximum atomic E-state index is 14.7. The fraction of sp³-hybridized carbons (Fsp3) is 0.600. The van der Waals surface area contributed by atoms with E-state index in [0.717, 1.165) is 67.7 Å². The normalized spacial score (nSPS) is 20.2. The highest BCUT2D eigenvalue weighted by Crippen LogP contribution is 2.42. The summed E-state index contributed by atoms with van der Waals surface area (Å²) < 4.78 is 49.0. The monoisotopic (exact) mass is 406 g/mol. The van der Waals surface area contributed by atoms with Gasteiger partial charge in [-0.2, -0.15) is 8.78 Å². The Morgan fingerprint density at radius 2 is 1.69 bits per heavy atom. The van der Waals surface area contributed by atoms with Crippen molar-refractivity contribution in [1.82, 2.24) is 0 Å². The fourth-order valence-corrected chi connectivity index (χ4v) is 4.54. The second kappa shape index (κ2) is 9.86. The molecule has 3 rings (SSSR count). The molecule has 1 saturated carbocycles. The van der Waals surface area contributed by atoms with E-state index >= 15 is 0 Å². The zero-order chi connectivity index (χ0) is 20.9. The molecule has 0 saturated heterocycles. The Morgan fingerprint density at radius 1 is 0.931 bits per heavy atom. The molecule has 0 amide bonds. The summed E-state index contributed by atoms with van der Waals surface area (Å²) in [5, 5.41) is 1.45. The molecular weight excluding hydrogens is 373 g/mol. The molecular formula is C25H33F3O. The van der Waals surface area contributed by atoms with E-state index in [-0.39, 0.29) is 5.75 Å². The van der Waals surface area contributed by atoms with Gasteiger partial charge < -0.3 is 4.74 Å². The van der Waals surface area contributed by atoms with Crippen molar-refractivity contribution in [2.75, 3.05) is 0 Å². The van der Waals surface area contributed by atoms with Crippen LogP contribution in [0.2, 0.25) is 0 Å². The van der Waals surface area contributed by atoms with Gasteiger partial charge in [0.2, 0.25) is 0 Å². The van der Waals surface area contributed by atoms with Crippen molar-refractivity contribution in [2.24, 2.45) is 11.8 Å². The van der Waals surface area contributed by atoms with Gasteiger partial charge in [-0.15, -0.1) is 0 Å². The Labute approximate surface area is 172 Å². The SMILES string of the molecule is CCCCCc1ccc2cc(OC(F)(F)C3CCC(CCC)CC3)c(F)cc2c1. The first-order valence-corrected chi connectivity index (χ1v) is 11.2. The van der Waals surface area contributed by atoms with Gasteiger partial charge in [0.1, 0.15) is 0 Å². The molecule has 4 heteroatoms. The van der Waals surface area contributed by atoms with E-state index in [1.165, 1.54) is 12.1 Å². The number of alkyl halides is 2. The van der Waals surface area contributed by atoms with Crippen LogP contribution in [0.4, 0.5) is 13.2 Å². The Morgan fingerprint density at radius 3 is 2.38 bits per heavy atom. The summed E-state index contributed by atoms with van der Waals surface area (Å²) in [5.74, 6) is -1.37. The van der Waals surface area contributed by atoms with E-state index in [2.05, 4.69) is 13.8 Å². The van der Waals surface area contributed by atoms with Gasteiger partial charge in [-0.3, -0.25) is 0 Å². The number of fused-ring (bicyclic) bond motifs is 1. The minimum Gasteiger partial charge on any atom is -0.429 e. The molecule has 2 aromatic carbocycles. The molecule has 2 aromatic rings. The summed E-state index contributed by atoms with van der Waals surface area (Å²) in [7, 11) is 0. The highest BCUT2D eigenvalue weighted by atomic mass is 19.3. The fourth-order valence-electron chi connectivity index (χ4n) is 4.54. The zero-order valence-corrected chi connectivity index (χ0v) is 17.7. The van der Waals surface area contributed by atoms with Crippen molar-refractivity contribution < 1.29 is 17.9 Å².